The average molecular weight is 369 g/mol. The summed E-state index contributed by atoms with van der Waals surface area (Å²) in [7, 11) is 0. The van der Waals surface area contributed by atoms with Gasteiger partial charge in [-0.1, -0.05) is 46.9 Å². The minimum absolute atomic E-state index is 0.248. The fourth-order valence-corrected chi connectivity index (χ4v) is 3.49. The molecule has 0 saturated carbocycles. The highest BCUT2D eigenvalue weighted by Gasteiger charge is 2.30. The van der Waals surface area contributed by atoms with E-state index in [1.165, 1.54) is 0 Å². The molecule has 1 aliphatic rings. The first-order valence-electron chi connectivity index (χ1n) is 8.69. The van der Waals surface area contributed by atoms with Crippen molar-refractivity contribution in [3.8, 4) is 0 Å². The molecule has 26 heavy (non-hydrogen) atoms. The van der Waals surface area contributed by atoms with Gasteiger partial charge in [-0.3, -0.25) is 0 Å². The van der Waals surface area contributed by atoms with Gasteiger partial charge in [-0.05, 0) is 50.8 Å². The zero-order valence-electron chi connectivity index (χ0n) is 15.3. The van der Waals surface area contributed by atoms with Gasteiger partial charge in [0.2, 0.25) is 0 Å². The predicted octanol–water partition coefficient (Wildman–Crippen LogP) is 4.24. The molecule has 0 aromatic heterocycles. The van der Waals surface area contributed by atoms with Gasteiger partial charge in [0.15, 0.2) is 0 Å². The van der Waals surface area contributed by atoms with E-state index < -0.39 is 16.1 Å². The maximum Gasteiger partial charge on any atom is 0.338 e. The maximum atomic E-state index is 12.5. The van der Waals surface area contributed by atoms with E-state index in [4.69, 9.17) is 4.74 Å². The lowest BCUT2D eigenvalue weighted by Gasteiger charge is -2.18. The summed E-state index contributed by atoms with van der Waals surface area (Å²) in [5.41, 5.74) is 4.19. The second kappa shape index (κ2) is 7.64. The van der Waals surface area contributed by atoms with Gasteiger partial charge in [0.25, 0.3) is 0 Å². The van der Waals surface area contributed by atoms with E-state index in [1.54, 1.807) is 6.07 Å². The SMILES string of the molecule is CC(C)(C)[S+]([O-])N=C1CCc2c(C(=O)OCc3ccccc3)cccc21. The number of fused-ring (bicyclic) bond motifs is 1. The van der Waals surface area contributed by atoms with Crippen LogP contribution in [0.4, 0.5) is 0 Å². The van der Waals surface area contributed by atoms with Crippen LogP contribution in [-0.2, 0) is 29.1 Å². The first-order chi connectivity index (χ1) is 12.4. The Balaban J connectivity index is 1.79. The van der Waals surface area contributed by atoms with Gasteiger partial charge in [0.05, 0.1) is 11.3 Å². The van der Waals surface area contributed by atoms with E-state index in [2.05, 4.69) is 4.40 Å². The van der Waals surface area contributed by atoms with Crippen LogP contribution in [0, 0.1) is 0 Å². The summed E-state index contributed by atoms with van der Waals surface area (Å²) in [6, 6.07) is 15.2. The monoisotopic (exact) mass is 369 g/mol. The number of rotatable bonds is 4. The first-order valence-corrected chi connectivity index (χ1v) is 9.80. The Morgan fingerprint density at radius 1 is 1.12 bits per heavy atom. The first kappa shape index (κ1) is 18.7. The van der Waals surface area contributed by atoms with Crippen LogP contribution in [-0.4, -0.2) is 21.0 Å². The van der Waals surface area contributed by atoms with Crippen molar-refractivity contribution in [2.75, 3.05) is 0 Å². The van der Waals surface area contributed by atoms with Gasteiger partial charge < -0.3 is 9.29 Å². The number of hydrogen-bond acceptors (Lipinski definition) is 4. The lowest BCUT2D eigenvalue weighted by molar-refractivity contribution is 0.0471. The minimum atomic E-state index is -1.31. The van der Waals surface area contributed by atoms with Crippen molar-refractivity contribution in [3.05, 3.63) is 70.8 Å². The van der Waals surface area contributed by atoms with Crippen molar-refractivity contribution in [1.29, 1.82) is 0 Å². The third kappa shape index (κ3) is 4.17. The molecule has 0 fully saturated rings. The molecular formula is C21H23NO3S. The summed E-state index contributed by atoms with van der Waals surface area (Å²) in [6.07, 6.45) is 1.41. The summed E-state index contributed by atoms with van der Waals surface area (Å²) >= 11 is -1.31. The van der Waals surface area contributed by atoms with Gasteiger partial charge >= 0.3 is 5.97 Å². The zero-order chi connectivity index (χ0) is 18.7. The molecule has 0 N–H and O–H groups in total. The van der Waals surface area contributed by atoms with Gasteiger partial charge in [-0.2, -0.15) is 0 Å². The second-order valence-electron chi connectivity index (χ2n) is 7.29. The molecule has 5 heteroatoms. The summed E-state index contributed by atoms with van der Waals surface area (Å²) in [5, 5.41) is 0. The predicted molar refractivity (Wildman–Crippen MR) is 105 cm³/mol. The number of nitrogens with zero attached hydrogens (tertiary/aromatic N) is 1. The fraction of sp³-hybridized carbons (Fsp3) is 0.333. The largest absolute Gasteiger partial charge is 0.591 e. The van der Waals surface area contributed by atoms with Gasteiger partial charge in [-0.15, -0.1) is 0 Å². The molecule has 4 nitrogen and oxygen atoms in total. The normalized spacial score (nSPS) is 16.4. The Kier molecular flexibility index (Phi) is 5.49. The summed E-state index contributed by atoms with van der Waals surface area (Å²) in [4.78, 5) is 12.5. The molecule has 1 atom stereocenters. The highest BCUT2D eigenvalue weighted by molar-refractivity contribution is 7.91. The van der Waals surface area contributed by atoms with E-state index in [0.29, 0.717) is 18.4 Å². The van der Waals surface area contributed by atoms with Crippen LogP contribution in [0.25, 0.3) is 0 Å². The van der Waals surface area contributed by atoms with E-state index in [-0.39, 0.29) is 12.6 Å². The average Bonchev–Trinajstić information content (AvgIpc) is 3.03. The number of hydrogen-bond donors (Lipinski definition) is 0. The molecule has 3 rings (SSSR count). The molecule has 0 saturated heterocycles. The van der Waals surface area contributed by atoms with E-state index >= 15 is 0 Å². The van der Waals surface area contributed by atoms with Gasteiger partial charge in [-0.25, -0.2) is 4.79 Å². The van der Waals surface area contributed by atoms with Crippen molar-refractivity contribution in [3.63, 3.8) is 0 Å². The molecule has 0 radical (unpaired) electrons. The summed E-state index contributed by atoms with van der Waals surface area (Å²) in [6.45, 7) is 5.96. The molecule has 1 unspecified atom stereocenters. The topological polar surface area (TPSA) is 61.7 Å². The molecular weight excluding hydrogens is 346 g/mol. The number of ether oxygens (including phenoxy) is 1. The van der Waals surface area contributed by atoms with E-state index in [0.717, 1.165) is 22.4 Å². The van der Waals surface area contributed by atoms with Gasteiger partial charge in [0.1, 0.15) is 22.7 Å². The maximum absolute atomic E-state index is 12.5. The quantitative estimate of drug-likeness (QED) is 0.598. The Bertz CT molecular complexity index is 825. The molecule has 0 bridgehead atoms. The molecule has 0 spiro atoms. The van der Waals surface area contributed by atoms with Crippen molar-refractivity contribution >= 4 is 23.0 Å². The van der Waals surface area contributed by atoms with Crippen molar-refractivity contribution < 1.29 is 14.1 Å². The third-order valence-corrected chi connectivity index (χ3v) is 5.68. The van der Waals surface area contributed by atoms with Crippen LogP contribution < -0.4 is 0 Å². The minimum Gasteiger partial charge on any atom is -0.591 e. The third-order valence-electron chi connectivity index (χ3n) is 4.25. The standard InChI is InChI=1S/C21H23NO3S/c1-21(2,3)26(24)22-19-13-12-16-17(19)10-7-11-18(16)20(23)25-14-15-8-5-4-6-9-15/h4-11H,12-14H2,1-3H3. The highest BCUT2D eigenvalue weighted by atomic mass is 32.2. The van der Waals surface area contributed by atoms with Crippen molar-refractivity contribution in [2.24, 2.45) is 4.40 Å². The lowest BCUT2D eigenvalue weighted by Crippen LogP contribution is -2.26. The Morgan fingerprint density at radius 3 is 2.54 bits per heavy atom. The Labute approximate surface area is 157 Å². The summed E-state index contributed by atoms with van der Waals surface area (Å²) < 4.78 is 21.8. The van der Waals surface area contributed by atoms with Crippen LogP contribution in [0.5, 0.6) is 0 Å². The van der Waals surface area contributed by atoms with E-state index in [1.807, 2.05) is 63.2 Å². The number of carbonyl (C=O) groups excluding carboxylic acids is 1. The molecule has 0 aliphatic heterocycles. The molecule has 1 aliphatic carbocycles. The van der Waals surface area contributed by atoms with Crippen molar-refractivity contribution in [2.45, 2.75) is 45.0 Å². The smallest absolute Gasteiger partial charge is 0.338 e. The number of benzene rings is 2. The van der Waals surface area contributed by atoms with Crippen LogP contribution in [0.2, 0.25) is 0 Å². The molecule has 0 heterocycles. The lowest BCUT2D eigenvalue weighted by atomic mass is 10.0. The van der Waals surface area contributed by atoms with E-state index in [9.17, 15) is 9.35 Å². The van der Waals surface area contributed by atoms with Crippen LogP contribution in [0.1, 0.15) is 54.2 Å². The molecule has 0 amide bonds. The highest BCUT2D eigenvalue weighted by Crippen LogP contribution is 2.29. The van der Waals surface area contributed by atoms with Crippen LogP contribution >= 0.6 is 0 Å². The molecule has 136 valence electrons. The zero-order valence-corrected chi connectivity index (χ0v) is 16.1. The van der Waals surface area contributed by atoms with Crippen molar-refractivity contribution in [1.82, 2.24) is 0 Å². The Morgan fingerprint density at radius 2 is 1.85 bits per heavy atom. The summed E-state index contributed by atoms with van der Waals surface area (Å²) in [5.74, 6) is -0.330. The van der Waals surface area contributed by atoms with Gasteiger partial charge in [0, 0.05) is 5.56 Å². The van der Waals surface area contributed by atoms with Crippen LogP contribution in [0.3, 0.4) is 0 Å². The van der Waals surface area contributed by atoms with Crippen LogP contribution in [0.15, 0.2) is 52.9 Å². The molecule has 2 aromatic rings. The number of esters is 1. The number of carbonyl (C=O) groups is 1. The fourth-order valence-electron chi connectivity index (χ4n) is 2.83. The second-order valence-corrected chi connectivity index (χ2v) is 9.20. The molecule has 2 aromatic carbocycles. The Hall–Kier alpha value is -2.11.